The zero-order valence-electron chi connectivity index (χ0n) is 13.3. The first-order chi connectivity index (χ1) is 11.7. The van der Waals surface area contributed by atoms with Crippen LogP contribution in [0.15, 0.2) is 48.5 Å². The van der Waals surface area contributed by atoms with Gasteiger partial charge in [0.15, 0.2) is 0 Å². The minimum atomic E-state index is -0.0549. The molecule has 5 heteroatoms. The first-order valence-electron chi connectivity index (χ1n) is 8.04. The summed E-state index contributed by atoms with van der Waals surface area (Å²) < 4.78 is 5.86. The van der Waals surface area contributed by atoms with E-state index in [2.05, 4.69) is 0 Å². The zero-order valence-corrected chi connectivity index (χ0v) is 14.1. The van der Waals surface area contributed by atoms with E-state index in [1.165, 1.54) is 0 Å². The van der Waals surface area contributed by atoms with Crippen LogP contribution in [0.25, 0.3) is 0 Å². The Hall–Kier alpha value is -2.04. The van der Waals surface area contributed by atoms with Crippen molar-refractivity contribution in [1.82, 2.24) is 4.90 Å². The van der Waals surface area contributed by atoms with Crippen molar-refractivity contribution in [3.63, 3.8) is 0 Å². The lowest BCUT2D eigenvalue weighted by atomic mass is 10.1. The maximum atomic E-state index is 12.7. The molecular formula is C19H20ClNO3. The third-order valence-electron chi connectivity index (χ3n) is 4.29. The van der Waals surface area contributed by atoms with E-state index in [1.807, 2.05) is 36.4 Å². The number of ether oxygens (including phenoxy) is 1. The van der Waals surface area contributed by atoms with Crippen LogP contribution >= 0.6 is 11.6 Å². The summed E-state index contributed by atoms with van der Waals surface area (Å²) in [5, 5.41) is 9.90. The van der Waals surface area contributed by atoms with Gasteiger partial charge in [-0.15, -0.1) is 0 Å². The van der Waals surface area contributed by atoms with Crippen LogP contribution in [0.4, 0.5) is 0 Å². The lowest BCUT2D eigenvalue weighted by Gasteiger charge is -2.18. The minimum Gasteiger partial charge on any atom is -0.488 e. The molecule has 0 spiro atoms. The number of aliphatic hydroxyl groups excluding tert-OH is 1. The van der Waals surface area contributed by atoms with Crippen molar-refractivity contribution in [3.05, 3.63) is 64.7 Å². The van der Waals surface area contributed by atoms with Gasteiger partial charge >= 0.3 is 0 Å². The Kier molecular flexibility index (Phi) is 5.38. The number of likely N-dealkylation sites (tertiary alicyclic amines) is 1. The van der Waals surface area contributed by atoms with Crippen LogP contribution in [0.2, 0.25) is 5.02 Å². The van der Waals surface area contributed by atoms with Gasteiger partial charge in [0.2, 0.25) is 0 Å². The second kappa shape index (κ2) is 7.69. The number of halogens is 1. The van der Waals surface area contributed by atoms with Gasteiger partial charge in [-0.25, -0.2) is 0 Å². The average molecular weight is 346 g/mol. The van der Waals surface area contributed by atoms with Gasteiger partial charge in [-0.3, -0.25) is 4.79 Å². The first kappa shape index (κ1) is 16.8. The molecule has 1 aliphatic rings. The van der Waals surface area contributed by atoms with Gasteiger partial charge < -0.3 is 14.7 Å². The standard InChI is InChI=1S/C19H20ClNO3/c20-17-7-3-1-5-15(17)13-24-18-8-4-2-6-16(18)19(23)21-10-9-14(11-21)12-22/h1-8,14,22H,9-13H2. The van der Waals surface area contributed by atoms with Crippen molar-refractivity contribution < 1.29 is 14.6 Å². The van der Waals surface area contributed by atoms with Crippen LogP contribution in [0, 0.1) is 5.92 Å². The number of carbonyl (C=O) groups excluding carboxylic acids is 1. The molecule has 0 radical (unpaired) electrons. The van der Waals surface area contributed by atoms with E-state index in [0.29, 0.717) is 36.0 Å². The summed E-state index contributed by atoms with van der Waals surface area (Å²) in [6.45, 7) is 1.69. The summed E-state index contributed by atoms with van der Waals surface area (Å²) in [4.78, 5) is 14.5. The normalized spacial score (nSPS) is 17.1. The van der Waals surface area contributed by atoms with Gasteiger partial charge in [0.25, 0.3) is 5.91 Å². The van der Waals surface area contributed by atoms with Crippen LogP contribution < -0.4 is 4.74 Å². The Morgan fingerprint density at radius 3 is 2.71 bits per heavy atom. The van der Waals surface area contributed by atoms with E-state index >= 15 is 0 Å². The van der Waals surface area contributed by atoms with Crippen LogP contribution in [0.3, 0.4) is 0 Å². The Morgan fingerprint density at radius 1 is 1.21 bits per heavy atom. The van der Waals surface area contributed by atoms with Crippen LogP contribution in [0.1, 0.15) is 22.3 Å². The largest absolute Gasteiger partial charge is 0.488 e. The predicted octanol–water partition coefficient (Wildman–Crippen LogP) is 3.37. The number of benzene rings is 2. The van der Waals surface area contributed by atoms with E-state index in [9.17, 15) is 9.90 Å². The molecule has 4 nitrogen and oxygen atoms in total. The van der Waals surface area contributed by atoms with Crippen molar-refractivity contribution in [2.24, 2.45) is 5.92 Å². The smallest absolute Gasteiger partial charge is 0.257 e. The van der Waals surface area contributed by atoms with Crippen molar-refractivity contribution >= 4 is 17.5 Å². The Morgan fingerprint density at radius 2 is 1.96 bits per heavy atom. The fourth-order valence-electron chi connectivity index (χ4n) is 2.88. The van der Waals surface area contributed by atoms with Gasteiger partial charge in [-0.1, -0.05) is 41.9 Å². The number of amides is 1. The van der Waals surface area contributed by atoms with Gasteiger partial charge in [0.05, 0.1) is 5.56 Å². The predicted molar refractivity (Wildman–Crippen MR) is 93.3 cm³/mol. The number of aliphatic hydroxyl groups is 1. The fraction of sp³-hybridized carbons (Fsp3) is 0.316. The number of hydrogen-bond acceptors (Lipinski definition) is 3. The maximum absolute atomic E-state index is 12.7. The molecule has 0 bridgehead atoms. The van der Waals surface area contributed by atoms with Gasteiger partial charge in [-0.2, -0.15) is 0 Å². The molecule has 1 aliphatic heterocycles. The van der Waals surface area contributed by atoms with Gasteiger partial charge in [-0.05, 0) is 24.6 Å². The van der Waals surface area contributed by atoms with Crippen molar-refractivity contribution in [3.8, 4) is 5.75 Å². The number of carbonyl (C=O) groups is 1. The molecule has 2 aromatic rings. The Balaban J connectivity index is 1.73. The summed E-state index contributed by atoms with van der Waals surface area (Å²) in [6, 6.07) is 14.7. The molecule has 126 valence electrons. The lowest BCUT2D eigenvalue weighted by Crippen LogP contribution is -2.29. The van der Waals surface area contributed by atoms with Crippen LogP contribution in [-0.2, 0) is 6.61 Å². The minimum absolute atomic E-state index is 0.0549. The van der Waals surface area contributed by atoms with Crippen molar-refractivity contribution in [2.75, 3.05) is 19.7 Å². The van der Waals surface area contributed by atoms with E-state index in [4.69, 9.17) is 16.3 Å². The Labute approximate surface area is 146 Å². The molecule has 2 aromatic carbocycles. The number of hydrogen-bond donors (Lipinski definition) is 1. The van der Waals surface area contributed by atoms with Gasteiger partial charge in [0, 0.05) is 36.2 Å². The summed E-state index contributed by atoms with van der Waals surface area (Å²) in [5.41, 5.74) is 1.42. The highest BCUT2D eigenvalue weighted by molar-refractivity contribution is 6.31. The van der Waals surface area contributed by atoms with Crippen LogP contribution in [0.5, 0.6) is 5.75 Å². The molecule has 1 unspecified atom stereocenters. The highest BCUT2D eigenvalue weighted by atomic mass is 35.5. The molecule has 1 heterocycles. The van der Waals surface area contributed by atoms with E-state index < -0.39 is 0 Å². The molecule has 1 saturated heterocycles. The third kappa shape index (κ3) is 3.71. The topological polar surface area (TPSA) is 49.8 Å². The fourth-order valence-corrected chi connectivity index (χ4v) is 3.07. The van der Waals surface area contributed by atoms with Gasteiger partial charge in [0.1, 0.15) is 12.4 Å². The average Bonchev–Trinajstić information content (AvgIpc) is 3.10. The molecule has 1 atom stereocenters. The molecule has 0 saturated carbocycles. The molecule has 1 N–H and O–H groups in total. The van der Waals surface area contributed by atoms with E-state index in [1.54, 1.807) is 17.0 Å². The second-order valence-corrected chi connectivity index (χ2v) is 6.37. The summed E-state index contributed by atoms with van der Waals surface area (Å²) in [6.07, 6.45) is 0.838. The Bertz CT molecular complexity index is 719. The number of nitrogens with zero attached hydrogens (tertiary/aromatic N) is 1. The molecule has 0 aliphatic carbocycles. The van der Waals surface area contributed by atoms with E-state index in [-0.39, 0.29) is 18.4 Å². The van der Waals surface area contributed by atoms with Crippen LogP contribution in [-0.4, -0.2) is 35.6 Å². The monoisotopic (exact) mass is 345 g/mol. The highest BCUT2D eigenvalue weighted by Crippen LogP contribution is 2.25. The highest BCUT2D eigenvalue weighted by Gasteiger charge is 2.27. The quantitative estimate of drug-likeness (QED) is 0.903. The number of rotatable bonds is 5. The first-order valence-corrected chi connectivity index (χ1v) is 8.42. The molecule has 0 aromatic heterocycles. The van der Waals surface area contributed by atoms with E-state index in [0.717, 1.165) is 12.0 Å². The summed E-state index contributed by atoms with van der Waals surface area (Å²) in [7, 11) is 0. The summed E-state index contributed by atoms with van der Waals surface area (Å²) in [5.74, 6) is 0.667. The molecule has 3 rings (SSSR count). The lowest BCUT2D eigenvalue weighted by molar-refractivity contribution is 0.0777. The maximum Gasteiger partial charge on any atom is 0.257 e. The molecular weight excluding hydrogens is 326 g/mol. The second-order valence-electron chi connectivity index (χ2n) is 5.96. The van der Waals surface area contributed by atoms with Crippen molar-refractivity contribution in [1.29, 1.82) is 0 Å². The summed E-state index contributed by atoms with van der Waals surface area (Å²) >= 11 is 6.15. The SMILES string of the molecule is O=C(c1ccccc1OCc1ccccc1Cl)N1CCC(CO)C1. The van der Waals surface area contributed by atoms with Crippen molar-refractivity contribution in [2.45, 2.75) is 13.0 Å². The molecule has 1 fully saturated rings. The third-order valence-corrected chi connectivity index (χ3v) is 4.66. The number of para-hydroxylation sites is 1. The molecule has 24 heavy (non-hydrogen) atoms. The molecule has 1 amide bonds. The zero-order chi connectivity index (χ0) is 16.9.